The molecular formula is C14H18NO2. The zero-order valence-corrected chi connectivity index (χ0v) is 10.5. The Balaban J connectivity index is 2.45. The number of carbonyl (C=O) groups excluding carboxylic acids is 1. The number of carbonyl (C=O) groups is 1. The summed E-state index contributed by atoms with van der Waals surface area (Å²) in [5, 5.41) is 0. The summed E-state index contributed by atoms with van der Waals surface area (Å²) in [6.07, 6.45) is 1.46. The van der Waals surface area contributed by atoms with Crippen molar-refractivity contribution in [2.45, 2.75) is 27.4 Å². The van der Waals surface area contributed by atoms with Crippen molar-refractivity contribution in [3.8, 4) is 0 Å². The fraction of sp³-hybridized carbons (Fsp3) is 0.357. The lowest BCUT2D eigenvalue weighted by molar-refractivity contribution is 0.150. The van der Waals surface area contributed by atoms with Crippen LogP contribution in [0.3, 0.4) is 0 Å². The van der Waals surface area contributed by atoms with E-state index >= 15 is 0 Å². The van der Waals surface area contributed by atoms with E-state index < -0.39 is 6.09 Å². The van der Waals surface area contributed by atoms with Crippen LogP contribution < -0.4 is 0 Å². The summed E-state index contributed by atoms with van der Waals surface area (Å²) in [5.41, 5.74) is 1.73. The fourth-order valence-electron chi connectivity index (χ4n) is 1.24. The number of nitrogens with zero attached hydrogens (tertiary/aromatic N) is 1. The molecule has 91 valence electrons. The fourth-order valence-corrected chi connectivity index (χ4v) is 1.24. The number of hydrogen-bond donors (Lipinski definition) is 0. The van der Waals surface area contributed by atoms with Crippen LogP contribution in [-0.4, -0.2) is 11.8 Å². The van der Waals surface area contributed by atoms with Crippen LogP contribution in [-0.2, 0) is 11.3 Å². The van der Waals surface area contributed by atoms with Crippen molar-refractivity contribution in [1.29, 1.82) is 0 Å². The van der Waals surface area contributed by atoms with E-state index in [1.165, 1.54) is 0 Å². The summed E-state index contributed by atoms with van der Waals surface area (Å²) in [4.78, 5) is 15.3. The van der Waals surface area contributed by atoms with Crippen molar-refractivity contribution < 1.29 is 9.53 Å². The smallest absolute Gasteiger partial charge is 0.433 e. The number of rotatable bonds is 4. The molecule has 1 aromatic carbocycles. The standard InChI is InChI=1S/C14H18NO2/c1-4-11(2)12(3)15-14(16)17-10-13-8-6-5-7-9-13/h4-9,11H,10H2,1-3H3/t11-/m1/s1. The molecule has 0 aliphatic carbocycles. The van der Waals surface area contributed by atoms with Crippen molar-refractivity contribution in [2.75, 3.05) is 0 Å². The molecule has 1 rings (SSSR count). The highest BCUT2D eigenvalue weighted by atomic mass is 16.5. The van der Waals surface area contributed by atoms with E-state index in [2.05, 4.69) is 4.99 Å². The summed E-state index contributed by atoms with van der Waals surface area (Å²) < 4.78 is 5.05. The lowest BCUT2D eigenvalue weighted by Gasteiger charge is -2.07. The normalized spacial score (nSPS) is 13.2. The molecule has 0 bridgehead atoms. The molecule has 0 heterocycles. The molecule has 0 aliphatic heterocycles. The zero-order chi connectivity index (χ0) is 12.7. The molecule has 1 amide bonds. The second-order valence-corrected chi connectivity index (χ2v) is 3.92. The van der Waals surface area contributed by atoms with Gasteiger partial charge >= 0.3 is 6.09 Å². The predicted molar refractivity (Wildman–Crippen MR) is 68.9 cm³/mol. The second-order valence-electron chi connectivity index (χ2n) is 3.92. The molecule has 3 heteroatoms. The maximum atomic E-state index is 11.4. The van der Waals surface area contributed by atoms with Gasteiger partial charge < -0.3 is 4.74 Å². The van der Waals surface area contributed by atoms with Gasteiger partial charge in [0.2, 0.25) is 0 Å². The van der Waals surface area contributed by atoms with Crippen molar-refractivity contribution in [3.05, 3.63) is 42.3 Å². The van der Waals surface area contributed by atoms with E-state index in [4.69, 9.17) is 4.74 Å². The molecule has 0 spiro atoms. The average Bonchev–Trinajstić information content (AvgIpc) is 2.36. The van der Waals surface area contributed by atoms with Gasteiger partial charge in [-0.1, -0.05) is 44.2 Å². The van der Waals surface area contributed by atoms with E-state index in [1.54, 1.807) is 0 Å². The topological polar surface area (TPSA) is 38.7 Å². The first-order valence-corrected chi connectivity index (χ1v) is 5.69. The van der Waals surface area contributed by atoms with Crippen LogP contribution in [0.2, 0.25) is 0 Å². The Kier molecular flexibility index (Phi) is 5.40. The monoisotopic (exact) mass is 232 g/mol. The van der Waals surface area contributed by atoms with Crippen molar-refractivity contribution in [3.63, 3.8) is 0 Å². The summed E-state index contributed by atoms with van der Waals surface area (Å²) in [6, 6.07) is 9.56. The molecule has 0 aliphatic rings. The van der Waals surface area contributed by atoms with Crippen LogP contribution in [0.25, 0.3) is 0 Å². The summed E-state index contributed by atoms with van der Waals surface area (Å²) in [7, 11) is 0. The quantitative estimate of drug-likeness (QED) is 0.743. The number of benzene rings is 1. The van der Waals surface area contributed by atoms with Crippen LogP contribution in [0, 0.1) is 12.3 Å². The maximum absolute atomic E-state index is 11.4. The van der Waals surface area contributed by atoms with Gasteiger partial charge in [-0.05, 0) is 24.8 Å². The van der Waals surface area contributed by atoms with E-state index in [0.717, 1.165) is 11.3 Å². The molecule has 17 heavy (non-hydrogen) atoms. The van der Waals surface area contributed by atoms with Gasteiger partial charge in [0.05, 0.1) is 0 Å². The minimum atomic E-state index is -0.528. The van der Waals surface area contributed by atoms with Gasteiger partial charge in [-0.15, -0.1) is 0 Å². The highest BCUT2D eigenvalue weighted by Gasteiger charge is 2.06. The van der Waals surface area contributed by atoms with Gasteiger partial charge in [0.15, 0.2) is 0 Å². The Labute approximate surface area is 103 Å². The summed E-state index contributed by atoms with van der Waals surface area (Å²) in [6.45, 7) is 6.03. The van der Waals surface area contributed by atoms with Gasteiger partial charge in [0.1, 0.15) is 6.61 Å². The van der Waals surface area contributed by atoms with Crippen molar-refractivity contribution in [2.24, 2.45) is 10.9 Å². The molecule has 0 aromatic heterocycles. The SMILES string of the molecule is C[CH][C@@H](C)C(C)=NC(=O)OCc1ccccc1. The lowest BCUT2D eigenvalue weighted by atomic mass is 10.0. The molecule has 0 N–H and O–H groups in total. The largest absolute Gasteiger partial charge is 0.443 e. The Hall–Kier alpha value is -1.64. The Bertz CT molecular complexity index is 384. The van der Waals surface area contributed by atoms with Crippen LogP contribution in [0.4, 0.5) is 4.79 Å². The number of amides is 1. The van der Waals surface area contributed by atoms with Crippen LogP contribution in [0.15, 0.2) is 35.3 Å². The first kappa shape index (κ1) is 13.4. The zero-order valence-electron chi connectivity index (χ0n) is 10.5. The molecule has 1 aromatic rings. The molecule has 0 saturated heterocycles. The highest BCUT2D eigenvalue weighted by molar-refractivity contribution is 5.93. The summed E-state index contributed by atoms with van der Waals surface area (Å²) >= 11 is 0. The predicted octanol–water partition coefficient (Wildman–Crippen LogP) is 3.64. The Morgan fingerprint density at radius 3 is 2.65 bits per heavy atom. The van der Waals surface area contributed by atoms with Gasteiger partial charge in [-0.2, -0.15) is 4.99 Å². The third kappa shape index (κ3) is 4.81. The molecule has 0 saturated carbocycles. The van der Waals surface area contributed by atoms with Crippen LogP contribution in [0.1, 0.15) is 26.3 Å². The van der Waals surface area contributed by atoms with Gasteiger partial charge in [0, 0.05) is 5.71 Å². The Morgan fingerprint density at radius 1 is 1.41 bits per heavy atom. The van der Waals surface area contributed by atoms with Crippen LogP contribution in [0.5, 0.6) is 0 Å². The third-order valence-electron chi connectivity index (χ3n) is 2.63. The van der Waals surface area contributed by atoms with Crippen molar-refractivity contribution in [1.82, 2.24) is 0 Å². The molecule has 1 atom stereocenters. The molecule has 1 radical (unpaired) electrons. The first-order chi connectivity index (χ1) is 8.13. The molecule has 0 fully saturated rings. The number of ether oxygens (including phenoxy) is 1. The van der Waals surface area contributed by atoms with Gasteiger partial charge in [-0.3, -0.25) is 0 Å². The Morgan fingerprint density at radius 2 is 2.06 bits per heavy atom. The molecule has 0 unspecified atom stereocenters. The third-order valence-corrected chi connectivity index (χ3v) is 2.63. The van der Waals surface area contributed by atoms with E-state index in [1.807, 2.05) is 57.5 Å². The molecule has 3 nitrogen and oxygen atoms in total. The lowest BCUT2D eigenvalue weighted by Crippen LogP contribution is -2.10. The average molecular weight is 232 g/mol. The summed E-state index contributed by atoms with van der Waals surface area (Å²) in [5.74, 6) is 0.194. The van der Waals surface area contributed by atoms with E-state index in [0.29, 0.717) is 0 Å². The number of aliphatic imine (C=N–C) groups is 1. The maximum Gasteiger partial charge on any atom is 0.433 e. The van der Waals surface area contributed by atoms with E-state index in [-0.39, 0.29) is 12.5 Å². The first-order valence-electron chi connectivity index (χ1n) is 5.69. The minimum absolute atomic E-state index is 0.194. The highest BCUT2D eigenvalue weighted by Crippen LogP contribution is 2.05. The van der Waals surface area contributed by atoms with Crippen molar-refractivity contribution >= 4 is 11.8 Å². The van der Waals surface area contributed by atoms with Gasteiger partial charge in [0.25, 0.3) is 0 Å². The van der Waals surface area contributed by atoms with Crippen LogP contribution >= 0.6 is 0 Å². The molecular weight excluding hydrogens is 214 g/mol. The minimum Gasteiger partial charge on any atom is -0.443 e. The van der Waals surface area contributed by atoms with Gasteiger partial charge in [-0.25, -0.2) is 4.79 Å². The van der Waals surface area contributed by atoms with E-state index in [9.17, 15) is 4.79 Å². The second kappa shape index (κ2) is 6.84. The number of hydrogen-bond acceptors (Lipinski definition) is 2.